The second-order valence-corrected chi connectivity index (χ2v) is 6.48. The lowest BCUT2D eigenvalue weighted by atomic mass is 10.1. The van der Waals surface area contributed by atoms with E-state index in [0.29, 0.717) is 48.3 Å². The number of hydrogen-bond donors (Lipinski definition) is 1. The predicted molar refractivity (Wildman–Crippen MR) is 106 cm³/mol. The van der Waals surface area contributed by atoms with Crippen LogP contribution in [0.1, 0.15) is 15.9 Å². The molecule has 0 radical (unpaired) electrons. The molecule has 0 saturated carbocycles. The molecule has 29 heavy (non-hydrogen) atoms. The van der Waals surface area contributed by atoms with E-state index in [-0.39, 0.29) is 18.4 Å². The van der Waals surface area contributed by atoms with E-state index in [1.807, 2.05) is 18.2 Å². The minimum Gasteiger partial charge on any atom is -0.493 e. The van der Waals surface area contributed by atoms with Crippen molar-refractivity contribution in [1.29, 1.82) is 0 Å². The van der Waals surface area contributed by atoms with Gasteiger partial charge in [0.25, 0.3) is 5.91 Å². The van der Waals surface area contributed by atoms with Gasteiger partial charge in [-0.1, -0.05) is 6.07 Å². The van der Waals surface area contributed by atoms with E-state index in [2.05, 4.69) is 5.32 Å². The molecule has 0 unspecified atom stereocenters. The molecule has 2 aromatic carbocycles. The minimum atomic E-state index is -0.368. The quantitative estimate of drug-likeness (QED) is 0.764. The van der Waals surface area contributed by atoms with E-state index in [1.165, 1.54) is 14.2 Å². The van der Waals surface area contributed by atoms with Crippen LogP contribution in [0.5, 0.6) is 23.0 Å². The number of carbonyl (C=O) groups excluding carboxylic acids is 2. The zero-order chi connectivity index (χ0) is 20.8. The van der Waals surface area contributed by atoms with Gasteiger partial charge >= 0.3 is 0 Å². The molecule has 1 N–H and O–H groups in total. The van der Waals surface area contributed by atoms with Crippen molar-refractivity contribution >= 4 is 11.8 Å². The number of benzene rings is 2. The van der Waals surface area contributed by atoms with Gasteiger partial charge in [0.2, 0.25) is 5.91 Å². The van der Waals surface area contributed by atoms with Crippen molar-refractivity contribution in [2.45, 2.75) is 6.54 Å². The number of rotatable bonds is 7. The molecule has 1 aliphatic heterocycles. The number of hydrogen-bond acceptors (Lipinski definition) is 6. The number of amides is 2. The van der Waals surface area contributed by atoms with Gasteiger partial charge in [-0.2, -0.15) is 0 Å². The van der Waals surface area contributed by atoms with E-state index < -0.39 is 0 Å². The lowest BCUT2D eigenvalue weighted by Gasteiger charge is -2.21. The minimum absolute atomic E-state index is 0.117. The molecule has 3 rings (SSSR count). The molecule has 1 aliphatic rings. The van der Waals surface area contributed by atoms with Gasteiger partial charge in [0.05, 0.1) is 20.8 Å². The smallest absolute Gasteiger partial charge is 0.251 e. The van der Waals surface area contributed by atoms with E-state index in [0.717, 1.165) is 5.56 Å². The fourth-order valence-corrected chi connectivity index (χ4v) is 2.92. The molecule has 0 spiro atoms. The highest BCUT2D eigenvalue weighted by molar-refractivity contribution is 5.97. The van der Waals surface area contributed by atoms with Crippen molar-refractivity contribution in [3.63, 3.8) is 0 Å². The Kier molecular flexibility index (Phi) is 6.43. The fraction of sp³-hybridized carbons (Fsp3) is 0.333. The molecule has 2 aromatic rings. The highest BCUT2D eigenvalue weighted by Crippen LogP contribution is 2.31. The summed E-state index contributed by atoms with van der Waals surface area (Å²) in [6.45, 7) is 1.31. The fourth-order valence-electron chi connectivity index (χ4n) is 2.92. The topological polar surface area (TPSA) is 86.3 Å². The number of carbonyl (C=O) groups is 2. The first-order chi connectivity index (χ1) is 14.0. The Morgan fingerprint density at radius 3 is 2.45 bits per heavy atom. The molecule has 154 valence electrons. The Bertz CT molecular complexity index is 899. The van der Waals surface area contributed by atoms with Gasteiger partial charge in [-0.05, 0) is 35.9 Å². The third-order valence-electron chi connectivity index (χ3n) is 4.50. The van der Waals surface area contributed by atoms with Crippen molar-refractivity contribution in [2.75, 3.05) is 41.0 Å². The summed E-state index contributed by atoms with van der Waals surface area (Å²) in [5.74, 6) is 1.77. The summed E-state index contributed by atoms with van der Waals surface area (Å²) < 4.78 is 21.4. The number of fused-ring (bicyclic) bond motifs is 1. The number of likely N-dealkylation sites (N-methyl/N-ethyl adjacent to an activating group) is 1. The zero-order valence-corrected chi connectivity index (χ0v) is 16.7. The molecule has 0 aliphatic carbocycles. The standard InChI is InChI=1S/C21H24N2O6/c1-23(13-14-4-6-17-19(10-14)29-9-8-28-17)20(24)12-22-21(25)15-5-7-16(26-2)18(11-15)27-3/h4-7,10-11H,8-9,12-13H2,1-3H3,(H,22,25). The van der Waals surface area contributed by atoms with E-state index in [9.17, 15) is 9.59 Å². The Balaban J connectivity index is 1.55. The van der Waals surface area contributed by atoms with Crippen LogP contribution < -0.4 is 24.3 Å². The summed E-state index contributed by atoms with van der Waals surface area (Å²) >= 11 is 0. The summed E-state index contributed by atoms with van der Waals surface area (Å²) in [5.41, 5.74) is 1.29. The average molecular weight is 400 g/mol. The summed E-state index contributed by atoms with van der Waals surface area (Å²) in [6.07, 6.45) is 0. The zero-order valence-electron chi connectivity index (χ0n) is 16.7. The van der Waals surface area contributed by atoms with Crippen LogP contribution in [0, 0.1) is 0 Å². The Labute approximate surface area is 169 Å². The van der Waals surface area contributed by atoms with Gasteiger partial charge in [-0.25, -0.2) is 0 Å². The first kappa shape index (κ1) is 20.3. The summed E-state index contributed by atoms with van der Waals surface area (Å²) in [5, 5.41) is 2.63. The van der Waals surface area contributed by atoms with Crippen LogP contribution >= 0.6 is 0 Å². The largest absolute Gasteiger partial charge is 0.493 e. The maximum atomic E-state index is 12.4. The number of methoxy groups -OCH3 is 2. The molecule has 0 saturated heterocycles. The van der Waals surface area contributed by atoms with E-state index in [4.69, 9.17) is 18.9 Å². The summed E-state index contributed by atoms with van der Waals surface area (Å²) in [6, 6.07) is 10.4. The third kappa shape index (κ3) is 4.90. The second-order valence-electron chi connectivity index (χ2n) is 6.48. The highest BCUT2D eigenvalue weighted by Gasteiger charge is 2.16. The van der Waals surface area contributed by atoms with E-state index in [1.54, 1.807) is 30.1 Å². The van der Waals surface area contributed by atoms with Gasteiger partial charge in [0.1, 0.15) is 13.2 Å². The molecule has 2 amide bonds. The lowest BCUT2D eigenvalue weighted by Crippen LogP contribution is -2.37. The second kappa shape index (κ2) is 9.18. The molecule has 8 heteroatoms. The van der Waals surface area contributed by atoms with Gasteiger partial charge in [0.15, 0.2) is 23.0 Å². The molecule has 8 nitrogen and oxygen atoms in total. The molecule has 0 atom stereocenters. The van der Waals surface area contributed by atoms with Crippen molar-refractivity contribution in [2.24, 2.45) is 0 Å². The molecule has 0 bridgehead atoms. The molecule has 0 fully saturated rings. The number of nitrogens with zero attached hydrogens (tertiary/aromatic N) is 1. The van der Waals surface area contributed by atoms with E-state index >= 15 is 0 Å². The molecule has 0 aromatic heterocycles. The first-order valence-corrected chi connectivity index (χ1v) is 9.14. The van der Waals surface area contributed by atoms with Crippen molar-refractivity contribution < 1.29 is 28.5 Å². The van der Waals surface area contributed by atoms with Crippen LogP contribution in [0.15, 0.2) is 36.4 Å². The van der Waals surface area contributed by atoms with Crippen LogP contribution in [0.4, 0.5) is 0 Å². The maximum absolute atomic E-state index is 12.4. The van der Waals surface area contributed by atoms with Gasteiger partial charge in [-0.15, -0.1) is 0 Å². The summed E-state index contributed by atoms with van der Waals surface area (Å²) in [4.78, 5) is 26.3. The van der Waals surface area contributed by atoms with Crippen molar-refractivity contribution in [1.82, 2.24) is 10.2 Å². The molecule has 1 heterocycles. The van der Waals surface area contributed by atoms with Crippen molar-refractivity contribution in [3.05, 3.63) is 47.5 Å². The van der Waals surface area contributed by atoms with Crippen LogP contribution in [-0.4, -0.2) is 57.7 Å². The Morgan fingerprint density at radius 2 is 1.72 bits per heavy atom. The van der Waals surface area contributed by atoms with Crippen molar-refractivity contribution in [3.8, 4) is 23.0 Å². The maximum Gasteiger partial charge on any atom is 0.251 e. The highest BCUT2D eigenvalue weighted by atomic mass is 16.6. The normalized spacial score (nSPS) is 12.1. The van der Waals surface area contributed by atoms with Crippen LogP contribution in [0.3, 0.4) is 0 Å². The van der Waals surface area contributed by atoms with Crippen LogP contribution in [-0.2, 0) is 11.3 Å². The van der Waals surface area contributed by atoms with Gasteiger partial charge in [-0.3, -0.25) is 9.59 Å². The Hall–Kier alpha value is -3.42. The Morgan fingerprint density at radius 1 is 1.00 bits per heavy atom. The predicted octanol–water partition coefficient (Wildman–Crippen LogP) is 1.86. The monoisotopic (exact) mass is 400 g/mol. The number of nitrogens with one attached hydrogen (secondary N) is 1. The van der Waals surface area contributed by atoms with Gasteiger partial charge < -0.3 is 29.2 Å². The van der Waals surface area contributed by atoms with Crippen LogP contribution in [0.2, 0.25) is 0 Å². The molecular weight excluding hydrogens is 376 g/mol. The van der Waals surface area contributed by atoms with Crippen LogP contribution in [0.25, 0.3) is 0 Å². The third-order valence-corrected chi connectivity index (χ3v) is 4.50. The van der Waals surface area contributed by atoms with Gasteiger partial charge in [0, 0.05) is 19.2 Å². The summed E-state index contributed by atoms with van der Waals surface area (Å²) in [7, 11) is 4.70. The number of ether oxygens (including phenoxy) is 4. The lowest BCUT2D eigenvalue weighted by molar-refractivity contribution is -0.129. The first-order valence-electron chi connectivity index (χ1n) is 9.14. The SMILES string of the molecule is COc1ccc(C(=O)NCC(=O)N(C)Cc2ccc3c(c2)OCCO3)cc1OC. The molecular formula is C21H24N2O6. The average Bonchev–Trinajstić information content (AvgIpc) is 2.76.